The van der Waals surface area contributed by atoms with Crippen molar-refractivity contribution in [2.45, 2.75) is 18.7 Å². The Morgan fingerprint density at radius 2 is 1.76 bits per heavy atom. The van der Waals surface area contributed by atoms with Gasteiger partial charge in [0, 0.05) is 23.7 Å². The van der Waals surface area contributed by atoms with Gasteiger partial charge in [-0.2, -0.15) is 0 Å². The van der Waals surface area contributed by atoms with Gasteiger partial charge in [-0.3, -0.25) is 13.8 Å². The van der Waals surface area contributed by atoms with E-state index < -0.39 is 16.6 Å². The predicted octanol–water partition coefficient (Wildman–Crippen LogP) is 4.98. The van der Waals surface area contributed by atoms with Crippen molar-refractivity contribution in [3.63, 3.8) is 0 Å². The standard InChI is InChI=1S/C22H22Cl2N4O3S2/c1-3-28(4-2)17(29)12-33(31)14-8-5-7-13(11-14)26-22-27-21(25)20(32-22)19(30)18-15(23)9-6-10-16(18)24/h5-11H,3-4,12,25H2,1-2H3,(H,26,27). The van der Waals surface area contributed by atoms with Gasteiger partial charge in [-0.05, 0) is 44.2 Å². The van der Waals surface area contributed by atoms with E-state index in [0.29, 0.717) is 28.8 Å². The first-order valence-electron chi connectivity index (χ1n) is 10.0. The molecule has 0 radical (unpaired) electrons. The molecule has 2 aromatic carbocycles. The number of hydrogen-bond donors (Lipinski definition) is 2. The zero-order chi connectivity index (χ0) is 24.1. The average Bonchev–Trinajstić information content (AvgIpc) is 3.14. The Kier molecular flexibility index (Phi) is 8.47. The molecule has 3 N–H and O–H groups in total. The lowest BCUT2D eigenvalue weighted by molar-refractivity contribution is -0.128. The van der Waals surface area contributed by atoms with Crippen molar-refractivity contribution in [2.24, 2.45) is 0 Å². The van der Waals surface area contributed by atoms with Crippen molar-refractivity contribution in [1.29, 1.82) is 0 Å². The van der Waals surface area contributed by atoms with Crippen LogP contribution in [0.1, 0.15) is 29.1 Å². The van der Waals surface area contributed by atoms with Gasteiger partial charge in [0.15, 0.2) is 5.13 Å². The lowest BCUT2D eigenvalue weighted by Gasteiger charge is -2.18. The summed E-state index contributed by atoms with van der Waals surface area (Å²) in [5.74, 6) is -0.621. The molecule has 0 fully saturated rings. The number of anilines is 3. The maximum atomic E-state index is 12.9. The number of nitrogens with one attached hydrogen (secondary N) is 1. The third kappa shape index (κ3) is 5.92. The number of nitrogen functional groups attached to an aromatic ring is 1. The van der Waals surface area contributed by atoms with Gasteiger partial charge < -0.3 is 16.0 Å². The molecule has 33 heavy (non-hydrogen) atoms. The minimum Gasteiger partial charge on any atom is -0.382 e. The minimum absolute atomic E-state index is 0.0491. The topological polar surface area (TPSA) is 105 Å². The summed E-state index contributed by atoms with van der Waals surface area (Å²) in [5.41, 5.74) is 6.74. The third-order valence-electron chi connectivity index (χ3n) is 4.77. The number of hydrogen-bond acceptors (Lipinski definition) is 7. The molecule has 7 nitrogen and oxygen atoms in total. The number of aromatic nitrogens is 1. The fraction of sp³-hybridized carbons (Fsp3) is 0.227. The van der Waals surface area contributed by atoms with Crippen LogP contribution in [0.2, 0.25) is 10.0 Å². The molecular weight excluding hydrogens is 503 g/mol. The van der Waals surface area contributed by atoms with Crippen molar-refractivity contribution >= 4 is 73.7 Å². The monoisotopic (exact) mass is 524 g/mol. The van der Waals surface area contributed by atoms with Gasteiger partial charge in [0.2, 0.25) is 11.7 Å². The van der Waals surface area contributed by atoms with Crippen LogP contribution in [-0.4, -0.2) is 44.6 Å². The van der Waals surface area contributed by atoms with E-state index in [1.165, 1.54) is 0 Å². The smallest absolute Gasteiger partial charge is 0.235 e. The van der Waals surface area contributed by atoms with E-state index in [1.54, 1.807) is 47.4 Å². The number of amides is 1. The molecule has 0 aliphatic carbocycles. The van der Waals surface area contributed by atoms with E-state index in [9.17, 15) is 13.8 Å². The Labute approximate surface area is 208 Å². The second kappa shape index (κ2) is 11.1. The van der Waals surface area contributed by atoms with Gasteiger partial charge >= 0.3 is 0 Å². The molecule has 1 heterocycles. The number of halogens is 2. The van der Waals surface area contributed by atoms with Gasteiger partial charge in [-0.25, -0.2) is 4.98 Å². The minimum atomic E-state index is -1.50. The van der Waals surface area contributed by atoms with E-state index in [-0.39, 0.29) is 38.0 Å². The molecule has 0 saturated carbocycles. The Bertz CT molecular complexity index is 1190. The highest BCUT2D eigenvalue weighted by Crippen LogP contribution is 2.34. The van der Waals surface area contributed by atoms with Crippen LogP contribution >= 0.6 is 34.5 Å². The summed E-state index contributed by atoms with van der Waals surface area (Å²) in [6.45, 7) is 4.90. The second-order valence-corrected chi connectivity index (χ2v) is 10.1. The van der Waals surface area contributed by atoms with Crippen LogP contribution in [0.3, 0.4) is 0 Å². The number of nitrogens with two attached hydrogens (primary N) is 1. The number of rotatable bonds is 9. The molecule has 1 atom stereocenters. The summed E-state index contributed by atoms with van der Waals surface area (Å²) in [7, 11) is -1.50. The Balaban J connectivity index is 1.78. The van der Waals surface area contributed by atoms with Crippen LogP contribution in [0.15, 0.2) is 47.4 Å². The quantitative estimate of drug-likeness (QED) is 0.382. The normalized spacial score (nSPS) is 11.8. The zero-order valence-corrected chi connectivity index (χ0v) is 21.1. The molecule has 3 rings (SSSR count). The van der Waals surface area contributed by atoms with Crippen molar-refractivity contribution in [3.8, 4) is 0 Å². The summed E-state index contributed by atoms with van der Waals surface area (Å²) >= 11 is 13.4. The lowest BCUT2D eigenvalue weighted by Crippen LogP contribution is -2.34. The second-order valence-electron chi connectivity index (χ2n) is 6.87. The number of nitrogens with zero attached hydrogens (tertiary/aromatic N) is 2. The molecule has 1 aromatic heterocycles. The molecule has 3 aromatic rings. The van der Waals surface area contributed by atoms with Crippen molar-refractivity contribution in [1.82, 2.24) is 9.88 Å². The summed E-state index contributed by atoms with van der Waals surface area (Å²) in [4.78, 5) is 31.8. The fourth-order valence-electron chi connectivity index (χ4n) is 3.08. The van der Waals surface area contributed by atoms with Crippen molar-refractivity contribution < 1.29 is 13.8 Å². The number of ketones is 1. The molecule has 174 valence electrons. The van der Waals surface area contributed by atoms with Gasteiger partial charge in [-0.15, -0.1) is 0 Å². The molecule has 1 unspecified atom stereocenters. The molecular formula is C22H22Cl2N4O3S2. The van der Waals surface area contributed by atoms with Crippen LogP contribution in [0.5, 0.6) is 0 Å². The molecule has 0 saturated heterocycles. The Hall–Kier alpha value is -2.46. The molecule has 0 bridgehead atoms. The highest BCUT2D eigenvalue weighted by molar-refractivity contribution is 7.85. The van der Waals surface area contributed by atoms with Gasteiger partial charge in [0.1, 0.15) is 16.4 Å². The van der Waals surface area contributed by atoms with Crippen LogP contribution in [0.25, 0.3) is 0 Å². The first-order chi connectivity index (χ1) is 15.7. The van der Waals surface area contributed by atoms with Crippen molar-refractivity contribution in [3.05, 3.63) is 63.0 Å². The lowest BCUT2D eigenvalue weighted by atomic mass is 10.1. The van der Waals surface area contributed by atoms with E-state index in [1.807, 2.05) is 13.8 Å². The summed E-state index contributed by atoms with van der Waals surface area (Å²) in [5, 5.41) is 3.90. The van der Waals surface area contributed by atoms with E-state index >= 15 is 0 Å². The summed E-state index contributed by atoms with van der Waals surface area (Å²) in [6, 6.07) is 11.7. The van der Waals surface area contributed by atoms with Gasteiger partial charge in [0.05, 0.1) is 26.4 Å². The van der Waals surface area contributed by atoms with Crippen LogP contribution < -0.4 is 11.1 Å². The Morgan fingerprint density at radius 1 is 1.12 bits per heavy atom. The Morgan fingerprint density at radius 3 is 2.39 bits per heavy atom. The molecule has 0 aliphatic rings. The van der Waals surface area contributed by atoms with Gasteiger partial charge in [0.25, 0.3) is 0 Å². The number of thiazole rings is 1. The number of carbonyl (C=O) groups excluding carboxylic acids is 2. The van der Waals surface area contributed by atoms with Crippen LogP contribution in [0, 0.1) is 0 Å². The first-order valence-corrected chi connectivity index (χ1v) is 12.9. The van der Waals surface area contributed by atoms with Crippen LogP contribution in [-0.2, 0) is 15.6 Å². The first kappa shape index (κ1) is 25.2. The van der Waals surface area contributed by atoms with Gasteiger partial charge in [-0.1, -0.05) is 46.7 Å². The number of benzene rings is 2. The van der Waals surface area contributed by atoms with E-state index in [0.717, 1.165) is 11.3 Å². The highest BCUT2D eigenvalue weighted by Gasteiger charge is 2.23. The predicted molar refractivity (Wildman–Crippen MR) is 135 cm³/mol. The summed E-state index contributed by atoms with van der Waals surface area (Å²) in [6.07, 6.45) is 0. The maximum absolute atomic E-state index is 12.9. The third-order valence-corrected chi connectivity index (χ3v) is 7.67. The molecule has 1 amide bonds. The fourth-order valence-corrected chi connectivity index (χ4v) is 5.56. The SMILES string of the molecule is CCN(CC)C(=O)CS(=O)c1cccc(Nc2nc(N)c(C(=O)c3c(Cl)cccc3Cl)s2)c1. The van der Waals surface area contributed by atoms with E-state index in [2.05, 4.69) is 10.3 Å². The maximum Gasteiger partial charge on any atom is 0.235 e. The number of carbonyl (C=O) groups is 2. The van der Waals surface area contributed by atoms with Crippen LogP contribution in [0.4, 0.5) is 16.6 Å². The average molecular weight is 525 g/mol. The largest absolute Gasteiger partial charge is 0.382 e. The molecule has 0 aliphatic heterocycles. The molecule has 11 heteroatoms. The summed E-state index contributed by atoms with van der Waals surface area (Å²) < 4.78 is 12.7. The zero-order valence-electron chi connectivity index (χ0n) is 17.9. The van der Waals surface area contributed by atoms with E-state index in [4.69, 9.17) is 28.9 Å². The van der Waals surface area contributed by atoms with Crippen molar-refractivity contribution in [2.75, 3.05) is 29.9 Å². The highest BCUT2D eigenvalue weighted by atomic mass is 35.5. The molecule has 0 spiro atoms.